The minimum Gasteiger partial charge on any atom is -0.296 e. The van der Waals surface area contributed by atoms with Gasteiger partial charge in [-0.25, -0.2) is 8.78 Å². The van der Waals surface area contributed by atoms with Crippen molar-refractivity contribution in [3.05, 3.63) is 75.8 Å². The van der Waals surface area contributed by atoms with Crippen LogP contribution in [0.3, 0.4) is 0 Å². The second kappa shape index (κ2) is 7.47. The van der Waals surface area contributed by atoms with Crippen molar-refractivity contribution in [2.45, 2.75) is 6.42 Å². The highest BCUT2D eigenvalue weighted by Gasteiger charge is 2.34. The number of rotatable bonds is 5. The number of hydrogen-bond acceptors (Lipinski definition) is 6. The molecule has 0 unspecified atom stereocenters. The molecular weight excluding hydrogens is 402 g/mol. The van der Waals surface area contributed by atoms with Gasteiger partial charge in [0, 0.05) is 19.0 Å². The Morgan fingerprint density at radius 3 is 2.38 bits per heavy atom. The van der Waals surface area contributed by atoms with Crippen molar-refractivity contribution >= 4 is 34.2 Å². The highest BCUT2D eigenvalue weighted by Crippen LogP contribution is 2.24. The van der Waals surface area contributed by atoms with Gasteiger partial charge in [-0.05, 0) is 24.3 Å². The fourth-order valence-corrected chi connectivity index (χ4v) is 3.62. The van der Waals surface area contributed by atoms with Gasteiger partial charge in [0.25, 0.3) is 17.7 Å². The van der Waals surface area contributed by atoms with E-state index < -0.39 is 17.5 Å². The number of nitrogens with zero attached hydrogens (tertiary/aromatic N) is 3. The molecule has 0 saturated carbocycles. The summed E-state index contributed by atoms with van der Waals surface area (Å²) in [5, 5.41) is 10.7. The summed E-state index contributed by atoms with van der Waals surface area (Å²) in [6.45, 7) is 0.113. The van der Waals surface area contributed by atoms with Crippen LogP contribution in [0.15, 0.2) is 42.5 Å². The summed E-state index contributed by atoms with van der Waals surface area (Å²) < 4.78 is 26.6. The molecule has 1 N–H and O–H groups in total. The van der Waals surface area contributed by atoms with Crippen molar-refractivity contribution in [1.29, 1.82) is 0 Å². The molecule has 7 nitrogen and oxygen atoms in total. The van der Waals surface area contributed by atoms with Crippen LogP contribution in [0.2, 0.25) is 0 Å². The average Bonchev–Trinajstić information content (AvgIpc) is 3.23. The lowest BCUT2D eigenvalue weighted by Gasteiger charge is -2.12. The Labute approximate surface area is 167 Å². The van der Waals surface area contributed by atoms with Crippen LogP contribution >= 0.6 is 11.3 Å². The Balaban J connectivity index is 1.40. The van der Waals surface area contributed by atoms with Gasteiger partial charge >= 0.3 is 0 Å². The molecule has 2 aromatic carbocycles. The maximum absolute atomic E-state index is 13.7. The Hall–Kier alpha value is -3.53. The molecule has 0 bridgehead atoms. The first-order valence-electron chi connectivity index (χ1n) is 8.48. The van der Waals surface area contributed by atoms with Gasteiger partial charge in [0.15, 0.2) is 0 Å². The van der Waals surface area contributed by atoms with Gasteiger partial charge in [-0.3, -0.25) is 24.6 Å². The summed E-state index contributed by atoms with van der Waals surface area (Å²) in [6, 6.07) is 9.21. The summed E-state index contributed by atoms with van der Waals surface area (Å²) in [5.74, 6) is -3.29. The molecule has 146 valence electrons. The molecule has 0 spiro atoms. The van der Waals surface area contributed by atoms with Gasteiger partial charge in [-0.2, -0.15) is 0 Å². The molecule has 0 saturated heterocycles. The van der Waals surface area contributed by atoms with E-state index in [1.165, 1.54) is 0 Å². The first kappa shape index (κ1) is 18.8. The largest absolute Gasteiger partial charge is 0.296 e. The number of nitrogens with one attached hydrogen (secondary N) is 1. The molecule has 1 aromatic heterocycles. The van der Waals surface area contributed by atoms with Gasteiger partial charge in [0.05, 0.1) is 16.7 Å². The van der Waals surface area contributed by atoms with E-state index in [2.05, 4.69) is 15.5 Å². The molecule has 0 aliphatic carbocycles. The third-order valence-electron chi connectivity index (χ3n) is 4.29. The van der Waals surface area contributed by atoms with E-state index >= 15 is 0 Å². The lowest BCUT2D eigenvalue weighted by atomic mass is 10.1. The van der Waals surface area contributed by atoms with E-state index in [-0.39, 0.29) is 35.5 Å². The summed E-state index contributed by atoms with van der Waals surface area (Å²) in [7, 11) is 0. The molecule has 3 amide bonds. The molecule has 10 heteroatoms. The van der Waals surface area contributed by atoms with E-state index in [1.54, 1.807) is 24.3 Å². The van der Waals surface area contributed by atoms with E-state index in [4.69, 9.17) is 0 Å². The molecule has 29 heavy (non-hydrogen) atoms. The zero-order valence-electron chi connectivity index (χ0n) is 14.7. The number of amides is 3. The number of carbonyl (C=O) groups is 3. The monoisotopic (exact) mass is 414 g/mol. The minimum absolute atomic E-state index is 0.113. The highest BCUT2D eigenvalue weighted by atomic mass is 32.1. The van der Waals surface area contributed by atoms with Crippen molar-refractivity contribution < 1.29 is 23.2 Å². The zero-order valence-corrected chi connectivity index (χ0v) is 15.5. The van der Waals surface area contributed by atoms with Crippen LogP contribution in [0.5, 0.6) is 0 Å². The van der Waals surface area contributed by atoms with Crippen molar-refractivity contribution in [3.63, 3.8) is 0 Å². The standard InChI is InChI=1S/C19H12F2N4O3S/c20-10-5-6-13(14(21)9-10)16(26)22-19-24-23-15(29-19)7-8-25-17(27)11-3-1-2-4-12(11)18(25)28/h1-6,9H,7-8H2,(H,22,24,26). The predicted molar refractivity (Wildman–Crippen MR) is 99.7 cm³/mol. The van der Waals surface area contributed by atoms with E-state index in [1.807, 2.05) is 0 Å². The van der Waals surface area contributed by atoms with Gasteiger partial charge < -0.3 is 0 Å². The number of fused-ring (bicyclic) bond motifs is 1. The summed E-state index contributed by atoms with van der Waals surface area (Å²) in [4.78, 5) is 37.9. The minimum atomic E-state index is -0.988. The SMILES string of the molecule is O=C(Nc1nnc(CCN2C(=O)c3ccccc3C2=O)s1)c1ccc(F)cc1F. The van der Waals surface area contributed by atoms with E-state index in [0.29, 0.717) is 22.2 Å². The lowest BCUT2D eigenvalue weighted by molar-refractivity contribution is 0.0655. The third kappa shape index (κ3) is 3.61. The molecule has 1 aliphatic heterocycles. The van der Waals surface area contributed by atoms with Crippen molar-refractivity contribution in [2.75, 3.05) is 11.9 Å². The Morgan fingerprint density at radius 2 is 1.72 bits per heavy atom. The molecule has 4 rings (SSSR count). The first-order valence-corrected chi connectivity index (χ1v) is 9.29. The Bertz CT molecular complexity index is 1110. The smallest absolute Gasteiger partial charge is 0.261 e. The van der Waals surface area contributed by atoms with E-state index in [9.17, 15) is 23.2 Å². The number of carbonyl (C=O) groups excluding carboxylic acids is 3. The van der Waals surface area contributed by atoms with Crippen LogP contribution in [0.4, 0.5) is 13.9 Å². The quantitative estimate of drug-likeness (QED) is 0.648. The maximum Gasteiger partial charge on any atom is 0.261 e. The number of imide groups is 1. The molecule has 0 atom stereocenters. The van der Waals surface area contributed by atoms with Crippen molar-refractivity contribution in [2.24, 2.45) is 0 Å². The fourth-order valence-electron chi connectivity index (χ4n) is 2.89. The summed E-state index contributed by atoms with van der Waals surface area (Å²) >= 11 is 1.03. The third-order valence-corrected chi connectivity index (χ3v) is 5.19. The second-order valence-electron chi connectivity index (χ2n) is 6.14. The average molecular weight is 414 g/mol. The molecule has 0 fully saturated rings. The number of aromatic nitrogens is 2. The number of halogens is 2. The fraction of sp³-hybridized carbons (Fsp3) is 0.105. The number of hydrogen-bond donors (Lipinski definition) is 1. The Kier molecular flexibility index (Phi) is 4.85. The zero-order chi connectivity index (χ0) is 20.5. The maximum atomic E-state index is 13.7. The highest BCUT2D eigenvalue weighted by molar-refractivity contribution is 7.15. The molecule has 2 heterocycles. The molecule has 0 radical (unpaired) electrons. The van der Waals surface area contributed by atoms with E-state index in [0.717, 1.165) is 28.4 Å². The lowest BCUT2D eigenvalue weighted by Crippen LogP contribution is -2.31. The van der Waals surface area contributed by atoms with Crippen molar-refractivity contribution in [3.8, 4) is 0 Å². The number of anilines is 1. The van der Waals surface area contributed by atoms with Crippen molar-refractivity contribution in [1.82, 2.24) is 15.1 Å². The normalized spacial score (nSPS) is 13.0. The molecular formula is C19H12F2N4O3S. The van der Waals surface area contributed by atoms with Crippen LogP contribution in [0.1, 0.15) is 36.1 Å². The Morgan fingerprint density at radius 1 is 1.03 bits per heavy atom. The molecule has 3 aromatic rings. The summed E-state index contributed by atoms with van der Waals surface area (Å²) in [5.41, 5.74) is 0.405. The first-order chi connectivity index (χ1) is 13.9. The molecule has 1 aliphatic rings. The second-order valence-corrected chi connectivity index (χ2v) is 7.20. The van der Waals surface area contributed by atoms with Crippen LogP contribution in [0.25, 0.3) is 0 Å². The van der Waals surface area contributed by atoms with Gasteiger partial charge in [-0.15, -0.1) is 10.2 Å². The number of benzene rings is 2. The van der Waals surface area contributed by atoms with Gasteiger partial charge in [0.2, 0.25) is 5.13 Å². The summed E-state index contributed by atoms with van der Waals surface area (Å²) in [6.07, 6.45) is 0.254. The topological polar surface area (TPSA) is 92.3 Å². The predicted octanol–water partition coefficient (Wildman–Crippen LogP) is 2.91. The van der Waals surface area contributed by atoms with Crippen LogP contribution in [0, 0.1) is 11.6 Å². The van der Waals surface area contributed by atoms with Gasteiger partial charge in [-0.1, -0.05) is 23.5 Å². The van der Waals surface area contributed by atoms with Gasteiger partial charge in [0.1, 0.15) is 16.6 Å². The van der Waals surface area contributed by atoms with Crippen LogP contribution in [-0.2, 0) is 6.42 Å². The van der Waals surface area contributed by atoms with Crippen LogP contribution < -0.4 is 5.32 Å². The van der Waals surface area contributed by atoms with Crippen LogP contribution in [-0.4, -0.2) is 39.4 Å².